The minimum absolute atomic E-state index is 0. The molecule has 0 N–H and O–H groups in total. The Morgan fingerprint density at radius 1 is 0.778 bits per heavy atom. The maximum absolute atomic E-state index is 4.66. The molecular weight excluding hydrogens is 413 g/mol. The van der Waals surface area contributed by atoms with E-state index >= 15 is 0 Å². The number of pyridine rings is 1. The Labute approximate surface area is 181 Å². The average molecular weight is 431 g/mol. The third kappa shape index (κ3) is 4.54. The molecule has 0 spiro atoms. The number of aromatic nitrogens is 1. The molecule has 1 aromatic heterocycles. The third-order valence-electron chi connectivity index (χ3n) is 4.58. The van der Waals surface area contributed by atoms with E-state index in [0.717, 1.165) is 5.69 Å². The van der Waals surface area contributed by atoms with Crippen LogP contribution in [0.2, 0.25) is 4.28 Å². The molecule has 2 atom stereocenters. The molecule has 0 bridgehead atoms. The van der Waals surface area contributed by atoms with Gasteiger partial charge >= 0.3 is 157 Å². The molecule has 0 aliphatic heterocycles. The van der Waals surface area contributed by atoms with Gasteiger partial charge in [0, 0.05) is 0 Å². The Bertz CT molecular complexity index is 871. The molecule has 0 saturated carbocycles. The van der Waals surface area contributed by atoms with Crippen molar-refractivity contribution in [3.05, 3.63) is 120 Å². The Kier molecular flexibility index (Phi) is 7.48. The van der Waals surface area contributed by atoms with E-state index in [0.29, 0.717) is 0 Å². The van der Waals surface area contributed by atoms with Crippen molar-refractivity contribution in [1.82, 2.24) is 4.98 Å². The molecule has 1 heterocycles. The molecule has 0 radical (unpaired) electrons. The van der Waals surface area contributed by atoms with Crippen LogP contribution in [0.25, 0.3) is 5.57 Å². The zero-order valence-corrected chi connectivity index (χ0v) is 17.3. The van der Waals surface area contributed by atoms with Crippen LogP contribution >= 0.6 is 0 Å². The first-order valence-electron chi connectivity index (χ1n) is 8.40. The number of hydrogen-bond donors (Lipinski definition) is 0. The van der Waals surface area contributed by atoms with Crippen LogP contribution < -0.4 is 24.8 Å². The van der Waals surface area contributed by atoms with Gasteiger partial charge in [0.15, 0.2) is 0 Å². The molecule has 0 amide bonds. The van der Waals surface area contributed by atoms with Crippen molar-refractivity contribution in [3.8, 4) is 0 Å². The van der Waals surface area contributed by atoms with Crippen LogP contribution in [0.5, 0.6) is 0 Å². The summed E-state index contributed by atoms with van der Waals surface area (Å²) < 4.78 is -0.235. The van der Waals surface area contributed by atoms with E-state index in [4.69, 9.17) is 0 Å². The summed E-state index contributed by atoms with van der Waals surface area (Å²) in [6.07, 6.45) is 8.68. The summed E-state index contributed by atoms with van der Waals surface area (Å²) in [6, 6.07) is 27.3. The van der Waals surface area contributed by atoms with E-state index in [1.54, 1.807) is 0 Å². The van der Waals surface area contributed by atoms with Crippen LogP contribution in [0.4, 0.5) is 0 Å². The predicted molar refractivity (Wildman–Crippen MR) is 98.8 cm³/mol. The Hall–Kier alpha value is -1.82. The summed E-state index contributed by atoms with van der Waals surface area (Å²) in [5.41, 5.74) is 4.82. The fraction of sp³-hybridized carbons (Fsp3) is 0.0870. The zero-order chi connectivity index (χ0) is 17.1. The van der Waals surface area contributed by atoms with Gasteiger partial charge in [0.25, 0.3) is 0 Å². The third-order valence-corrected chi connectivity index (χ3v) is 5.34. The van der Waals surface area contributed by atoms with Crippen molar-refractivity contribution in [2.24, 2.45) is 0 Å². The molecule has 1 aliphatic carbocycles. The van der Waals surface area contributed by atoms with E-state index in [1.807, 2.05) is 12.3 Å². The fourth-order valence-corrected chi connectivity index (χ4v) is 4.11. The Balaban J connectivity index is 0.00000131. The van der Waals surface area contributed by atoms with E-state index in [-0.39, 0.29) is 35.0 Å². The van der Waals surface area contributed by atoms with Crippen LogP contribution in [0.15, 0.2) is 103 Å². The monoisotopic (exact) mass is 430 g/mol. The van der Waals surface area contributed by atoms with E-state index < -0.39 is 0 Å². The van der Waals surface area contributed by atoms with E-state index in [9.17, 15) is 0 Å². The molecule has 135 valence electrons. The number of allylic oxidation sites excluding steroid dienone is 4. The molecule has 2 aromatic carbocycles. The molecular formula is C23H18Cl2CrN. The Morgan fingerprint density at radius 3 is 2.04 bits per heavy atom. The molecule has 0 saturated heterocycles. The summed E-state index contributed by atoms with van der Waals surface area (Å²) in [6.45, 7) is 0. The summed E-state index contributed by atoms with van der Waals surface area (Å²) in [5, 5.41) is 0. The van der Waals surface area contributed by atoms with Gasteiger partial charge in [-0.15, -0.1) is 0 Å². The summed E-state index contributed by atoms with van der Waals surface area (Å²) in [7, 11) is 0. The first-order valence-corrected chi connectivity index (χ1v) is 9.04. The van der Waals surface area contributed by atoms with Crippen molar-refractivity contribution in [3.63, 3.8) is 0 Å². The van der Waals surface area contributed by atoms with Crippen molar-refractivity contribution in [2.45, 2.75) is 10.2 Å². The van der Waals surface area contributed by atoms with Crippen LogP contribution in [0, 0.1) is 0 Å². The van der Waals surface area contributed by atoms with Gasteiger partial charge in [0.1, 0.15) is 0 Å². The van der Waals surface area contributed by atoms with Crippen LogP contribution in [0.3, 0.4) is 0 Å². The van der Waals surface area contributed by atoms with Crippen molar-refractivity contribution in [1.29, 1.82) is 0 Å². The second kappa shape index (κ2) is 9.40. The van der Waals surface area contributed by atoms with Gasteiger partial charge in [-0.3, -0.25) is 0 Å². The van der Waals surface area contributed by atoms with E-state index in [1.165, 1.54) is 16.7 Å². The number of rotatable bonds is 4. The van der Waals surface area contributed by atoms with Gasteiger partial charge in [-0.05, 0) is 0 Å². The van der Waals surface area contributed by atoms with Gasteiger partial charge in [0.05, 0.1) is 0 Å². The summed E-state index contributed by atoms with van der Waals surface area (Å²) in [4.78, 5) is 4.66. The normalized spacial score (nSPS) is 18.7. The second-order valence-electron chi connectivity index (χ2n) is 6.25. The SMILES string of the molecule is [Cl-].[Cl-].[Cr+2][C]1(C(c2ccccc2)c2ccccn2)C=CC(c2ccccc2)=C1. The fourth-order valence-electron chi connectivity index (χ4n) is 3.40. The van der Waals surface area contributed by atoms with Crippen molar-refractivity contribution in [2.75, 3.05) is 0 Å². The number of benzene rings is 2. The molecule has 1 aliphatic rings. The molecule has 27 heavy (non-hydrogen) atoms. The molecule has 1 nitrogen and oxygen atoms in total. The molecule has 4 rings (SSSR count). The minimum atomic E-state index is -0.235. The van der Waals surface area contributed by atoms with Crippen LogP contribution in [0.1, 0.15) is 22.7 Å². The first kappa shape index (κ1) is 21.5. The standard InChI is InChI=1S/C23H18N.2ClH.Cr/c1-3-9-18(10-4-1)20-14-15-21(17-20)23(19-11-5-2-6-12-19)22-13-7-8-16-24-22;;;/h1-17,23H;2*1H;/q;;;+2/p-2. The molecule has 0 fully saturated rings. The second-order valence-corrected chi connectivity index (χ2v) is 7.36. The predicted octanol–water partition coefficient (Wildman–Crippen LogP) is -0.420. The van der Waals surface area contributed by atoms with Gasteiger partial charge < -0.3 is 24.8 Å². The van der Waals surface area contributed by atoms with Gasteiger partial charge in [-0.1, -0.05) is 0 Å². The first-order chi connectivity index (χ1) is 12.3. The van der Waals surface area contributed by atoms with Gasteiger partial charge in [-0.25, -0.2) is 0 Å². The number of nitrogens with zero attached hydrogens (tertiary/aromatic N) is 1. The summed E-state index contributed by atoms with van der Waals surface area (Å²) >= 11 is 3.45. The van der Waals surface area contributed by atoms with E-state index in [2.05, 4.69) is 112 Å². The Morgan fingerprint density at radius 2 is 1.41 bits per heavy atom. The average Bonchev–Trinajstić information content (AvgIpc) is 3.07. The van der Waals surface area contributed by atoms with Crippen molar-refractivity contribution < 1.29 is 41.1 Å². The van der Waals surface area contributed by atoms with Crippen LogP contribution in [-0.2, 0) is 16.3 Å². The molecule has 4 heteroatoms. The molecule has 3 aromatic rings. The van der Waals surface area contributed by atoms with Crippen LogP contribution in [-0.4, -0.2) is 4.98 Å². The quantitative estimate of drug-likeness (QED) is 0.547. The number of hydrogen-bond acceptors (Lipinski definition) is 1. The number of halogens is 2. The van der Waals surface area contributed by atoms with Crippen molar-refractivity contribution >= 4 is 5.57 Å². The zero-order valence-electron chi connectivity index (χ0n) is 14.5. The van der Waals surface area contributed by atoms with Gasteiger partial charge in [-0.2, -0.15) is 0 Å². The maximum atomic E-state index is 4.66. The topological polar surface area (TPSA) is 12.9 Å². The van der Waals surface area contributed by atoms with Gasteiger partial charge in [0.2, 0.25) is 0 Å². The molecule has 2 unspecified atom stereocenters. The summed E-state index contributed by atoms with van der Waals surface area (Å²) in [5.74, 6) is 0.132.